The van der Waals surface area contributed by atoms with Crippen LogP contribution in [0.2, 0.25) is 0 Å². The fourth-order valence-corrected chi connectivity index (χ4v) is 6.13. The molecule has 2 aliphatic rings. The Morgan fingerprint density at radius 2 is 1.86 bits per heavy atom. The SMILES string of the molecule is CCCC1=C(C(=O)OCC)[C@@H](c2cccc(OC)c2)n2c(s/c(=C/c3ccc(OCC(=O)N4CCOCC4)cc3)c2=O)=N1. The Balaban J connectivity index is 1.49. The number of carbonyl (C=O) groups excluding carboxylic acids is 2. The first-order valence-electron chi connectivity index (χ1n) is 14.4. The third-order valence-electron chi connectivity index (χ3n) is 7.21. The zero-order chi connectivity index (χ0) is 30.3. The second-order valence-corrected chi connectivity index (χ2v) is 11.1. The van der Waals surface area contributed by atoms with E-state index in [0.717, 1.165) is 17.5 Å². The predicted molar refractivity (Wildman–Crippen MR) is 162 cm³/mol. The normalized spacial score (nSPS) is 16.9. The molecule has 0 spiro atoms. The van der Waals surface area contributed by atoms with Gasteiger partial charge in [0.15, 0.2) is 11.4 Å². The molecule has 0 aliphatic carbocycles. The Bertz CT molecular complexity index is 1680. The van der Waals surface area contributed by atoms with Crippen molar-refractivity contribution >= 4 is 29.3 Å². The Labute approximate surface area is 253 Å². The van der Waals surface area contributed by atoms with Gasteiger partial charge in [0.1, 0.15) is 11.5 Å². The molecule has 1 atom stereocenters. The summed E-state index contributed by atoms with van der Waals surface area (Å²) in [6.45, 7) is 6.14. The second-order valence-electron chi connectivity index (χ2n) is 10.0. The van der Waals surface area contributed by atoms with Crippen LogP contribution in [0.4, 0.5) is 0 Å². The van der Waals surface area contributed by atoms with Gasteiger partial charge in [0.25, 0.3) is 11.5 Å². The second kappa shape index (κ2) is 13.8. The molecular weight excluding hydrogens is 570 g/mol. The van der Waals surface area contributed by atoms with E-state index in [9.17, 15) is 14.4 Å². The average Bonchev–Trinajstić information content (AvgIpc) is 3.34. The lowest BCUT2D eigenvalue weighted by Crippen LogP contribution is -2.42. The molecule has 0 radical (unpaired) electrons. The van der Waals surface area contributed by atoms with Gasteiger partial charge in [-0.15, -0.1) is 0 Å². The molecule has 5 rings (SSSR count). The third kappa shape index (κ3) is 6.73. The molecule has 0 saturated carbocycles. The fourth-order valence-electron chi connectivity index (χ4n) is 5.11. The molecule has 2 aromatic carbocycles. The summed E-state index contributed by atoms with van der Waals surface area (Å²) in [5, 5.41) is 0. The zero-order valence-corrected chi connectivity index (χ0v) is 25.4. The smallest absolute Gasteiger partial charge is 0.338 e. The van der Waals surface area contributed by atoms with Crippen LogP contribution in [0, 0.1) is 0 Å². The highest BCUT2D eigenvalue weighted by Gasteiger charge is 2.34. The number of hydrogen-bond donors (Lipinski definition) is 0. The van der Waals surface area contributed by atoms with E-state index in [1.54, 1.807) is 41.7 Å². The lowest BCUT2D eigenvalue weighted by molar-refractivity contribution is -0.139. The molecule has 11 heteroatoms. The summed E-state index contributed by atoms with van der Waals surface area (Å²) in [6, 6.07) is 13.9. The summed E-state index contributed by atoms with van der Waals surface area (Å²) in [7, 11) is 1.58. The number of aromatic nitrogens is 1. The van der Waals surface area contributed by atoms with Crippen molar-refractivity contribution in [3.8, 4) is 11.5 Å². The van der Waals surface area contributed by atoms with E-state index in [2.05, 4.69) is 0 Å². The summed E-state index contributed by atoms with van der Waals surface area (Å²) in [6.07, 6.45) is 3.13. The Kier molecular flexibility index (Phi) is 9.73. The van der Waals surface area contributed by atoms with Crippen LogP contribution in [0.3, 0.4) is 0 Å². The van der Waals surface area contributed by atoms with Gasteiger partial charge in [-0.3, -0.25) is 14.2 Å². The summed E-state index contributed by atoms with van der Waals surface area (Å²) in [4.78, 5) is 46.7. The molecule has 1 amide bonds. The molecule has 43 heavy (non-hydrogen) atoms. The number of allylic oxidation sites excluding steroid dienone is 1. The Morgan fingerprint density at radius 1 is 1.09 bits per heavy atom. The molecule has 3 aromatic rings. The van der Waals surface area contributed by atoms with Gasteiger partial charge in [-0.1, -0.05) is 48.9 Å². The molecule has 3 heterocycles. The number of methoxy groups -OCH3 is 1. The van der Waals surface area contributed by atoms with Gasteiger partial charge in [0, 0.05) is 13.1 Å². The highest BCUT2D eigenvalue weighted by molar-refractivity contribution is 7.07. The minimum absolute atomic E-state index is 0.0505. The van der Waals surface area contributed by atoms with Crippen molar-refractivity contribution in [2.24, 2.45) is 4.99 Å². The van der Waals surface area contributed by atoms with Crippen LogP contribution in [-0.2, 0) is 19.1 Å². The first-order valence-corrected chi connectivity index (χ1v) is 15.2. The van der Waals surface area contributed by atoms with Crippen LogP contribution in [0.1, 0.15) is 43.9 Å². The number of carbonyl (C=O) groups is 2. The molecule has 1 fully saturated rings. The van der Waals surface area contributed by atoms with Crippen molar-refractivity contribution in [1.82, 2.24) is 9.47 Å². The molecule has 1 aromatic heterocycles. The monoisotopic (exact) mass is 605 g/mol. The van der Waals surface area contributed by atoms with Gasteiger partial charge in [-0.25, -0.2) is 9.79 Å². The van der Waals surface area contributed by atoms with Crippen molar-refractivity contribution in [2.75, 3.05) is 46.6 Å². The number of ether oxygens (including phenoxy) is 4. The summed E-state index contributed by atoms with van der Waals surface area (Å²) >= 11 is 1.28. The fraction of sp³-hybridized carbons (Fsp3) is 0.375. The number of thiazole rings is 1. The minimum Gasteiger partial charge on any atom is -0.497 e. The van der Waals surface area contributed by atoms with E-state index < -0.39 is 12.0 Å². The molecule has 1 saturated heterocycles. The first-order chi connectivity index (χ1) is 20.9. The lowest BCUT2D eigenvalue weighted by atomic mass is 9.94. The number of esters is 1. The number of rotatable bonds is 10. The summed E-state index contributed by atoms with van der Waals surface area (Å²) in [5.41, 5.74) is 2.24. The van der Waals surface area contributed by atoms with E-state index in [-0.39, 0.29) is 24.7 Å². The largest absolute Gasteiger partial charge is 0.497 e. The van der Waals surface area contributed by atoms with Crippen LogP contribution in [-0.4, -0.2) is 68.0 Å². The zero-order valence-electron chi connectivity index (χ0n) is 24.5. The lowest BCUT2D eigenvalue weighted by Gasteiger charge is -2.26. The maximum absolute atomic E-state index is 13.9. The van der Waals surface area contributed by atoms with Gasteiger partial charge >= 0.3 is 5.97 Å². The van der Waals surface area contributed by atoms with E-state index in [4.69, 9.17) is 23.9 Å². The summed E-state index contributed by atoms with van der Waals surface area (Å²) < 4.78 is 24.0. The van der Waals surface area contributed by atoms with E-state index in [0.29, 0.717) is 64.8 Å². The van der Waals surface area contributed by atoms with Crippen LogP contribution in [0.25, 0.3) is 6.08 Å². The topological polar surface area (TPSA) is 109 Å². The van der Waals surface area contributed by atoms with Gasteiger partial charge in [-0.2, -0.15) is 0 Å². The standard InChI is InChI=1S/C32H35N3O7S/c1-4-7-25-28(31(38)41-5-2)29(22-8-6-9-24(19-22)39-3)35-30(37)26(43-32(35)33-25)18-21-10-12-23(13-11-21)42-20-27(36)34-14-16-40-17-15-34/h6,8-13,18-19,29H,4-5,7,14-17,20H2,1-3H3/b26-18+/t29-/m1/s1. The number of nitrogens with zero attached hydrogens (tertiary/aromatic N) is 3. The van der Waals surface area contributed by atoms with Gasteiger partial charge in [-0.05, 0) is 54.8 Å². The molecule has 0 unspecified atom stereocenters. The van der Waals surface area contributed by atoms with Crippen LogP contribution < -0.4 is 24.4 Å². The van der Waals surface area contributed by atoms with E-state index in [1.165, 1.54) is 11.3 Å². The number of amides is 1. The minimum atomic E-state index is -0.714. The molecule has 0 bridgehead atoms. The van der Waals surface area contributed by atoms with Crippen molar-refractivity contribution in [3.63, 3.8) is 0 Å². The maximum Gasteiger partial charge on any atom is 0.338 e. The molecule has 2 aliphatic heterocycles. The van der Waals surface area contributed by atoms with Crippen LogP contribution in [0.15, 0.2) is 69.6 Å². The Hall–Kier alpha value is -4.22. The van der Waals surface area contributed by atoms with Gasteiger partial charge in [0.2, 0.25) is 0 Å². The average molecular weight is 606 g/mol. The quantitative estimate of drug-likeness (QED) is 0.327. The number of morpholine rings is 1. The third-order valence-corrected chi connectivity index (χ3v) is 8.19. The highest BCUT2D eigenvalue weighted by atomic mass is 32.1. The Morgan fingerprint density at radius 3 is 2.56 bits per heavy atom. The van der Waals surface area contributed by atoms with E-state index >= 15 is 0 Å². The van der Waals surface area contributed by atoms with Crippen LogP contribution >= 0.6 is 11.3 Å². The van der Waals surface area contributed by atoms with Crippen molar-refractivity contribution < 1.29 is 28.5 Å². The van der Waals surface area contributed by atoms with E-state index in [1.807, 2.05) is 43.3 Å². The first kappa shape index (κ1) is 30.2. The van der Waals surface area contributed by atoms with Gasteiger partial charge < -0.3 is 23.8 Å². The van der Waals surface area contributed by atoms with Crippen molar-refractivity contribution in [1.29, 1.82) is 0 Å². The summed E-state index contributed by atoms with van der Waals surface area (Å²) in [5.74, 6) is 0.607. The van der Waals surface area contributed by atoms with Crippen LogP contribution in [0.5, 0.6) is 11.5 Å². The molecule has 226 valence electrons. The number of benzene rings is 2. The number of fused-ring (bicyclic) bond motifs is 1. The highest BCUT2D eigenvalue weighted by Crippen LogP contribution is 2.33. The van der Waals surface area contributed by atoms with Gasteiger partial charge in [0.05, 0.1) is 48.8 Å². The molecular formula is C32H35N3O7S. The molecule has 10 nitrogen and oxygen atoms in total. The van der Waals surface area contributed by atoms with Crippen molar-refractivity contribution in [3.05, 3.63) is 90.6 Å². The predicted octanol–water partition coefficient (Wildman–Crippen LogP) is 2.82. The number of hydrogen-bond acceptors (Lipinski definition) is 9. The van der Waals surface area contributed by atoms with Crippen molar-refractivity contribution in [2.45, 2.75) is 32.7 Å². The maximum atomic E-state index is 13.9. The molecule has 0 N–H and O–H groups in total.